The Balaban J connectivity index is 0.00000132. The lowest BCUT2D eigenvalue weighted by atomic mass is 10.1. The number of hydrogen-bond acceptors (Lipinski definition) is 3. The lowest BCUT2D eigenvalue weighted by Gasteiger charge is -2.09. The van der Waals surface area contributed by atoms with E-state index in [9.17, 15) is 8.42 Å². The molecule has 1 aliphatic carbocycles. The average molecular weight is 325 g/mol. The predicted octanol–water partition coefficient (Wildman–Crippen LogP) is 1.76. The topological polar surface area (TPSA) is 58.2 Å². The van der Waals surface area contributed by atoms with Gasteiger partial charge in [0, 0.05) is 6.04 Å². The van der Waals surface area contributed by atoms with E-state index in [1.165, 1.54) is 0 Å². The van der Waals surface area contributed by atoms with Gasteiger partial charge in [-0.25, -0.2) is 13.1 Å². The van der Waals surface area contributed by atoms with E-state index < -0.39 is 10.0 Å². The van der Waals surface area contributed by atoms with Gasteiger partial charge in [0.25, 0.3) is 0 Å². The molecule has 0 radical (unpaired) electrons. The Bertz CT molecular complexity index is 768. The molecule has 21 heavy (non-hydrogen) atoms. The van der Waals surface area contributed by atoms with Crippen molar-refractivity contribution in [3.8, 4) is 0 Å². The highest BCUT2D eigenvalue weighted by Gasteiger charge is 2.54. The van der Waals surface area contributed by atoms with Gasteiger partial charge in [-0.1, -0.05) is 30.3 Å². The molecule has 6 heteroatoms. The summed E-state index contributed by atoms with van der Waals surface area (Å²) in [6, 6.07) is 13.2. The van der Waals surface area contributed by atoms with Crippen molar-refractivity contribution in [1.29, 1.82) is 0 Å². The number of piperidine rings is 1. The van der Waals surface area contributed by atoms with Crippen LogP contribution < -0.4 is 10.0 Å². The van der Waals surface area contributed by atoms with Crippen LogP contribution in [0.4, 0.5) is 0 Å². The molecule has 1 heterocycles. The summed E-state index contributed by atoms with van der Waals surface area (Å²) >= 11 is 0. The minimum atomic E-state index is -3.41. The molecular weight excluding hydrogens is 308 g/mol. The van der Waals surface area contributed by atoms with Gasteiger partial charge in [0.1, 0.15) is 0 Å². The Labute approximate surface area is 130 Å². The molecular formula is C15H17ClN2O2S. The van der Waals surface area contributed by atoms with Crippen molar-refractivity contribution >= 4 is 33.2 Å². The Morgan fingerprint density at radius 2 is 1.67 bits per heavy atom. The normalized spacial score (nSPS) is 27.1. The maximum atomic E-state index is 12.4. The molecule has 2 fully saturated rings. The fraction of sp³-hybridized carbons (Fsp3) is 0.333. The first-order valence-corrected chi connectivity index (χ1v) is 8.35. The van der Waals surface area contributed by atoms with Crippen LogP contribution in [0.5, 0.6) is 0 Å². The van der Waals surface area contributed by atoms with E-state index in [1.807, 2.05) is 30.3 Å². The summed E-state index contributed by atoms with van der Waals surface area (Å²) in [5.74, 6) is 0.954. The monoisotopic (exact) mass is 324 g/mol. The van der Waals surface area contributed by atoms with Crippen molar-refractivity contribution in [1.82, 2.24) is 10.0 Å². The molecule has 2 unspecified atom stereocenters. The molecule has 0 bridgehead atoms. The van der Waals surface area contributed by atoms with Crippen LogP contribution in [-0.2, 0) is 10.0 Å². The molecule has 0 spiro atoms. The van der Waals surface area contributed by atoms with Crippen LogP contribution in [-0.4, -0.2) is 27.5 Å². The number of fused-ring (bicyclic) bond motifs is 2. The average Bonchev–Trinajstić information content (AvgIpc) is 2.89. The van der Waals surface area contributed by atoms with Crippen molar-refractivity contribution in [2.45, 2.75) is 10.9 Å². The Hall–Kier alpha value is -1.14. The molecule has 4 nitrogen and oxygen atoms in total. The van der Waals surface area contributed by atoms with Crippen molar-refractivity contribution in [3.05, 3.63) is 42.5 Å². The summed E-state index contributed by atoms with van der Waals surface area (Å²) in [7, 11) is -3.41. The Kier molecular flexibility index (Phi) is 3.69. The second-order valence-corrected chi connectivity index (χ2v) is 7.36. The van der Waals surface area contributed by atoms with Crippen LogP contribution in [0.2, 0.25) is 0 Å². The Morgan fingerprint density at radius 3 is 2.38 bits per heavy atom. The van der Waals surface area contributed by atoms with Crippen molar-refractivity contribution in [2.24, 2.45) is 11.8 Å². The fourth-order valence-electron chi connectivity index (χ4n) is 3.17. The van der Waals surface area contributed by atoms with Gasteiger partial charge in [0.05, 0.1) is 4.90 Å². The van der Waals surface area contributed by atoms with Gasteiger partial charge < -0.3 is 5.32 Å². The van der Waals surface area contributed by atoms with E-state index in [2.05, 4.69) is 10.0 Å². The largest absolute Gasteiger partial charge is 0.316 e. The molecule has 2 aromatic rings. The summed E-state index contributed by atoms with van der Waals surface area (Å²) in [6.45, 7) is 1.85. The summed E-state index contributed by atoms with van der Waals surface area (Å²) in [4.78, 5) is 0.356. The molecule has 2 aliphatic rings. The van der Waals surface area contributed by atoms with Crippen LogP contribution in [0.15, 0.2) is 47.4 Å². The zero-order valence-corrected chi connectivity index (χ0v) is 13.0. The third kappa shape index (κ3) is 2.55. The van der Waals surface area contributed by atoms with Gasteiger partial charge >= 0.3 is 0 Å². The second-order valence-electron chi connectivity index (χ2n) is 5.64. The summed E-state index contributed by atoms with van der Waals surface area (Å²) in [5.41, 5.74) is 0. The number of nitrogens with one attached hydrogen (secondary N) is 2. The Morgan fingerprint density at radius 1 is 1.00 bits per heavy atom. The maximum Gasteiger partial charge on any atom is 0.240 e. The number of rotatable bonds is 3. The third-order valence-corrected chi connectivity index (χ3v) is 5.87. The minimum Gasteiger partial charge on any atom is -0.316 e. The molecule has 2 N–H and O–H groups in total. The summed E-state index contributed by atoms with van der Waals surface area (Å²) in [6.07, 6.45) is 0. The van der Waals surface area contributed by atoms with Gasteiger partial charge in [0.15, 0.2) is 0 Å². The molecule has 1 aliphatic heterocycles. The van der Waals surface area contributed by atoms with Crippen molar-refractivity contribution in [3.63, 3.8) is 0 Å². The molecule has 4 rings (SSSR count). The van der Waals surface area contributed by atoms with Crippen molar-refractivity contribution in [2.75, 3.05) is 13.1 Å². The smallest absolute Gasteiger partial charge is 0.240 e. The van der Waals surface area contributed by atoms with E-state index in [4.69, 9.17) is 0 Å². The van der Waals surface area contributed by atoms with Gasteiger partial charge in [-0.3, -0.25) is 0 Å². The molecule has 2 aromatic carbocycles. The van der Waals surface area contributed by atoms with E-state index in [0.717, 1.165) is 23.9 Å². The van der Waals surface area contributed by atoms with Crippen LogP contribution in [0.1, 0.15) is 0 Å². The van der Waals surface area contributed by atoms with E-state index >= 15 is 0 Å². The van der Waals surface area contributed by atoms with E-state index in [-0.39, 0.29) is 18.4 Å². The lowest BCUT2D eigenvalue weighted by Crippen LogP contribution is -2.32. The number of benzene rings is 2. The van der Waals surface area contributed by atoms with E-state index in [1.54, 1.807) is 12.1 Å². The highest BCUT2D eigenvalue weighted by atomic mass is 35.5. The van der Waals surface area contributed by atoms with Gasteiger partial charge in [-0.15, -0.1) is 12.4 Å². The molecule has 1 saturated carbocycles. The standard InChI is InChI=1S/C15H16N2O2S.ClH/c18-20(19,17-15-13-8-16-9-14(13)15)12-6-5-10-3-1-2-4-11(10)7-12;/h1-7,13-17H,8-9H2;1H. The first-order valence-electron chi connectivity index (χ1n) is 6.87. The quantitative estimate of drug-likeness (QED) is 0.904. The highest BCUT2D eigenvalue weighted by Crippen LogP contribution is 2.42. The van der Waals surface area contributed by atoms with Crippen molar-refractivity contribution < 1.29 is 8.42 Å². The fourth-order valence-corrected chi connectivity index (χ4v) is 4.55. The van der Waals surface area contributed by atoms with Crippen LogP contribution >= 0.6 is 12.4 Å². The zero-order chi connectivity index (χ0) is 13.7. The van der Waals surface area contributed by atoms with Crippen LogP contribution in [0.25, 0.3) is 10.8 Å². The van der Waals surface area contributed by atoms with Crippen LogP contribution in [0.3, 0.4) is 0 Å². The van der Waals surface area contributed by atoms with E-state index in [0.29, 0.717) is 16.7 Å². The molecule has 2 atom stereocenters. The van der Waals surface area contributed by atoms with Crippen LogP contribution in [0, 0.1) is 11.8 Å². The summed E-state index contributed by atoms with van der Waals surface area (Å²) in [5, 5.41) is 5.27. The molecule has 112 valence electrons. The van der Waals surface area contributed by atoms with Gasteiger partial charge in [-0.2, -0.15) is 0 Å². The highest BCUT2D eigenvalue weighted by molar-refractivity contribution is 7.89. The minimum absolute atomic E-state index is 0. The summed E-state index contributed by atoms with van der Waals surface area (Å²) < 4.78 is 27.7. The molecule has 0 aromatic heterocycles. The third-order valence-electron chi connectivity index (χ3n) is 4.41. The molecule has 1 saturated heterocycles. The number of halogens is 1. The van der Waals surface area contributed by atoms with Gasteiger partial charge in [0.2, 0.25) is 10.0 Å². The zero-order valence-electron chi connectivity index (χ0n) is 11.3. The first kappa shape index (κ1) is 14.8. The molecule has 0 amide bonds. The SMILES string of the molecule is Cl.O=S(=O)(NC1C2CNCC21)c1ccc2ccccc2c1. The second kappa shape index (κ2) is 5.25. The maximum absolute atomic E-state index is 12.4. The van der Waals surface area contributed by atoms with Gasteiger partial charge in [-0.05, 0) is 47.8 Å². The lowest BCUT2D eigenvalue weighted by molar-refractivity contribution is 0.565. The first-order chi connectivity index (χ1) is 9.65. The number of hydrogen-bond donors (Lipinski definition) is 2. The predicted molar refractivity (Wildman–Crippen MR) is 85.2 cm³/mol. The number of sulfonamides is 1.